The van der Waals surface area contributed by atoms with Gasteiger partial charge < -0.3 is 10.1 Å². The van der Waals surface area contributed by atoms with Crippen LogP contribution in [0.4, 0.5) is 5.69 Å². The minimum atomic E-state index is -0.469. The Balaban J connectivity index is 1.24. The Morgan fingerprint density at radius 2 is 1.86 bits per heavy atom. The number of fused-ring (bicyclic) bond motifs is 1. The second-order valence-electron chi connectivity index (χ2n) is 8.41. The Kier molecular flexibility index (Phi) is 6.13. The van der Waals surface area contributed by atoms with Crippen LogP contribution in [0.25, 0.3) is 16.6 Å². The van der Waals surface area contributed by atoms with Gasteiger partial charge in [0, 0.05) is 30.8 Å². The van der Waals surface area contributed by atoms with Crippen molar-refractivity contribution >= 4 is 28.5 Å². The van der Waals surface area contributed by atoms with Crippen molar-refractivity contribution in [2.75, 3.05) is 11.9 Å². The van der Waals surface area contributed by atoms with Crippen molar-refractivity contribution in [1.82, 2.24) is 19.3 Å². The lowest BCUT2D eigenvalue weighted by Crippen LogP contribution is -2.25. The van der Waals surface area contributed by atoms with Crippen molar-refractivity contribution in [3.8, 4) is 5.69 Å². The van der Waals surface area contributed by atoms with E-state index in [0.717, 1.165) is 18.5 Å². The number of rotatable bonds is 8. The number of ether oxygens (including phenoxy) is 1. The molecular weight excluding hydrogens is 446 g/mol. The topological polar surface area (TPSA) is 108 Å². The number of benzene rings is 2. The second kappa shape index (κ2) is 9.54. The van der Waals surface area contributed by atoms with Crippen LogP contribution in [0, 0.1) is 0 Å². The highest BCUT2D eigenvalue weighted by Gasteiger charge is 2.28. The maximum Gasteiger partial charge on any atom is 0.358 e. The van der Waals surface area contributed by atoms with Crippen molar-refractivity contribution in [3.05, 3.63) is 82.7 Å². The molecule has 2 aromatic heterocycles. The zero-order chi connectivity index (χ0) is 24.4. The first-order valence-corrected chi connectivity index (χ1v) is 11.7. The largest absolute Gasteiger partial charge is 0.461 e. The van der Waals surface area contributed by atoms with Crippen LogP contribution in [0.1, 0.15) is 48.5 Å². The van der Waals surface area contributed by atoms with E-state index in [9.17, 15) is 14.4 Å². The summed E-state index contributed by atoms with van der Waals surface area (Å²) in [7, 11) is 0. The van der Waals surface area contributed by atoms with E-state index < -0.39 is 5.97 Å². The van der Waals surface area contributed by atoms with Crippen molar-refractivity contribution < 1.29 is 14.3 Å². The van der Waals surface area contributed by atoms with E-state index in [0.29, 0.717) is 28.8 Å². The van der Waals surface area contributed by atoms with E-state index in [-0.39, 0.29) is 36.2 Å². The van der Waals surface area contributed by atoms with Gasteiger partial charge in [0.15, 0.2) is 5.69 Å². The fourth-order valence-electron chi connectivity index (χ4n) is 4.01. The molecule has 0 unspecified atom stereocenters. The minimum Gasteiger partial charge on any atom is -0.461 e. The molecule has 0 saturated heterocycles. The minimum absolute atomic E-state index is 0.0335. The number of nitrogens with one attached hydrogen (secondary N) is 1. The number of carbonyl (C=O) groups excluding carboxylic acids is 2. The van der Waals surface area contributed by atoms with Gasteiger partial charge >= 0.3 is 5.97 Å². The van der Waals surface area contributed by atoms with E-state index in [4.69, 9.17) is 4.74 Å². The first-order chi connectivity index (χ1) is 17.0. The summed E-state index contributed by atoms with van der Waals surface area (Å²) in [5.74, 6) is 0.0205. The highest BCUT2D eigenvalue weighted by atomic mass is 16.5. The van der Waals surface area contributed by atoms with Gasteiger partial charge in [0.05, 0.1) is 23.2 Å². The van der Waals surface area contributed by atoms with Gasteiger partial charge in [0.1, 0.15) is 5.82 Å². The average molecular weight is 472 g/mol. The number of para-hydroxylation sites is 1. The van der Waals surface area contributed by atoms with Crippen LogP contribution in [0.3, 0.4) is 0 Å². The molecule has 2 aromatic carbocycles. The quantitative estimate of drug-likeness (QED) is 0.393. The predicted molar refractivity (Wildman–Crippen MR) is 131 cm³/mol. The fraction of sp³-hybridized carbons (Fsp3) is 0.269. The maximum absolute atomic E-state index is 13.0. The SMILES string of the molecule is CCOC(=O)c1ccn(-c2ccc(NC(=O)CCc3nc4ccccc4c(=O)n3C3CC3)cc2)n1. The number of anilines is 1. The molecule has 35 heavy (non-hydrogen) atoms. The van der Waals surface area contributed by atoms with Crippen LogP contribution < -0.4 is 10.9 Å². The van der Waals surface area contributed by atoms with Crippen molar-refractivity contribution in [2.45, 2.75) is 38.6 Å². The molecule has 9 nitrogen and oxygen atoms in total. The number of amides is 1. The Bertz CT molecular complexity index is 1450. The maximum atomic E-state index is 13.0. The number of hydrogen-bond acceptors (Lipinski definition) is 6. The van der Waals surface area contributed by atoms with Gasteiger partial charge in [0.2, 0.25) is 5.91 Å². The molecule has 1 saturated carbocycles. The Labute approximate surface area is 201 Å². The normalized spacial score (nSPS) is 13.1. The van der Waals surface area contributed by atoms with Crippen LogP contribution in [0.5, 0.6) is 0 Å². The number of carbonyl (C=O) groups is 2. The molecule has 1 N–H and O–H groups in total. The van der Waals surface area contributed by atoms with Crippen LogP contribution in [0.15, 0.2) is 65.6 Å². The molecule has 1 fully saturated rings. The molecule has 1 aliphatic carbocycles. The number of aryl methyl sites for hydroxylation is 1. The third-order valence-corrected chi connectivity index (χ3v) is 5.86. The standard InChI is InChI=1S/C26H25N5O4/c1-2-35-26(34)22-15-16-30(29-22)18-9-7-17(8-10-18)27-24(32)14-13-23-28-21-6-4-3-5-20(21)25(33)31(23)19-11-12-19/h3-10,15-16,19H,2,11-14H2,1H3,(H,27,32). The lowest BCUT2D eigenvalue weighted by Gasteiger charge is -2.13. The van der Waals surface area contributed by atoms with Gasteiger partial charge in [-0.05, 0) is 62.2 Å². The lowest BCUT2D eigenvalue weighted by molar-refractivity contribution is -0.116. The predicted octanol–water partition coefficient (Wildman–Crippen LogP) is 3.67. The molecule has 0 bridgehead atoms. The van der Waals surface area contributed by atoms with Gasteiger partial charge in [-0.15, -0.1) is 0 Å². The van der Waals surface area contributed by atoms with E-state index in [1.165, 1.54) is 0 Å². The van der Waals surface area contributed by atoms with Crippen LogP contribution in [0.2, 0.25) is 0 Å². The first-order valence-electron chi connectivity index (χ1n) is 11.7. The first kappa shape index (κ1) is 22.5. The van der Waals surface area contributed by atoms with Crippen LogP contribution >= 0.6 is 0 Å². The smallest absolute Gasteiger partial charge is 0.358 e. The molecule has 1 amide bonds. The number of nitrogens with zero attached hydrogens (tertiary/aromatic N) is 4. The lowest BCUT2D eigenvalue weighted by atomic mass is 10.2. The number of aromatic nitrogens is 4. The summed E-state index contributed by atoms with van der Waals surface area (Å²) < 4.78 is 8.29. The summed E-state index contributed by atoms with van der Waals surface area (Å²) in [6.45, 7) is 2.03. The number of esters is 1. The second-order valence-corrected chi connectivity index (χ2v) is 8.41. The summed E-state index contributed by atoms with van der Waals surface area (Å²) in [5.41, 5.74) is 2.24. The van der Waals surface area contributed by atoms with Gasteiger partial charge in [-0.2, -0.15) is 5.10 Å². The third-order valence-electron chi connectivity index (χ3n) is 5.86. The molecule has 9 heteroatoms. The highest BCUT2D eigenvalue weighted by molar-refractivity contribution is 5.91. The van der Waals surface area contributed by atoms with Gasteiger partial charge in [-0.3, -0.25) is 14.2 Å². The molecule has 1 aliphatic rings. The average Bonchev–Trinajstić information content (AvgIpc) is 3.57. The number of hydrogen-bond donors (Lipinski definition) is 1. The van der Waals surface area contributed by atoms with Gasteiger partial charge in [-0.25, -0.2) is 14.5 Å². The fourth-order valence-corrected chi connectivity index (χ4v) is 4.01. The molecule has 2 heterocycles. The van der Waals surface area contributed by atoms with Crippen LogP contribution in [-0.2, 0) is 16.0 Å². The van der Waals surface area contributed by atoms with E-state index in [1.807, 2.05) is 18.2 Å². The molecule has 4 aromatic rings. The summed E-state index contributed by atoms with van der Waals surface area (Å²) in [6.07, 6.45) is 4.19. The Morgan fingerprint density at radius 1 is 1.09 bits per heavy atom. The van der Waals surface area contributed by atoms with Crippen LogP contribution in [-0.4, -0.2) is 37.8 Å². The molecule has 0 atom stereocenters. The van der Waals surface area contributed by atoms with Crippen molar-refractivity contribution in [2.24, 2.45) is 0 Å². The van der Waals surface area contributed by atoms with Crippen molar-refractivity contribution in [1.29, 1.82) is 0 Å². The molecular formula is C26H25N5O4. The highest BCUT2D eigenvalue weighted by Crippen LogP contribution is 2.35. The molecule has 0 spiro atoms. The van der Waals surface area contributed by atoms with Crippen molar-refractivity contribution in [3.63, 3.8) is 0 Å². The monoisotopic (exact) mass is 471 g/mol. The molecule has 178 valence electrons. The molecule has 0 radical (unpaired) electrons. The zero-order valence-electron chi connectivity index (χ0n) is 19.3. The molecule has 0 aliphatic heterocycles. The zero-order valence-corrected chi connectivity index (χ0v) is 19.3. The summed E-state index contributed by atoms with van der Waals surface area (Å²) >= 11 is 0. The van der Waals surface area contributed by atoms with E-state index in [1.54, 1.807) is 58.8 Å². The third kappa shape index (κ3) is 4.84. The Hall–Kier alpha value is -4.27. The van der Waals surface area contributed by atoms with Gasteiger partial charge in [-0.1, -0.05) is 12.1 Å². The summed E-state index contributed by atoms with van der Waals surface area (Å²) in [4.78, 5) is 42.1. The summed E-state index contributed by atoms with van der Waals surface area (Å²) in [5, 5.41) is 7.73. The Morgan fingerprint density at radius 3 is 2.60 bits per heavy atom. The van der Waals surface area contributed by atoms with Gasteiger partial charge in [0.25, 0.3) is 5.56 Å². The summed E-state index contributed by atoms with van der Waals surface area (Å²) in [6, 6.07) is 16.2. The molecule has 5 rings (SSSR count). The van der Waals surface area contributed by atoms with E-state index in [2.05, 4.69) is 15.4 Å². The van der Waals surface area contributed by atoms with E-state index >= 15 is 0 Å².